The van der Waals surface area contributed by atoms with Gasteiger partial charge in [0.1, 0.15) is 0 Å². The zero-order valence-electron chi connectivity index (χ0n) is 11.0. The van der Waals surface area contributed by atoms with Gasteiger partial charge in [-0.3, -0.25) is 0 Å². The van der Waals surface area contributed by atoms with Crippen LogP contribution in [0.5, 0.6) is 0 Å². The molecule has 0 aromatic rings. The second-order valence-corrected chi connectivity index (χ2v) is 5.96. The smallest absolute Gasteiger partial charge is 0.0121 e. The predicted octanol–water partition coefficient (Wildman–Crippen LogP) is 2.50. The van der Waals surface area contributed by atoms with Gasteiger partial charge in [-0.05, 0) is 70.1 Å². The summed E-state index contributed by atoms with van der Waals surface area (Å²) in [6.45, 7) is 9.95. The molecule has 1 saturated carbocycles. The van der Waals surface area contributed by atoms with Gasteiger partial charge in [0.25, 0.3) is 0 Å². The molecular weight excluding hydrogens is 196 g/mol. The first-order valence-corrected chi connectivity index (χ1v) is 7.22. The van der Waals surface area contributed by atoms with Crippen LogP contribution in [0.15, 0.2) is 0 Å². The molecule has 0 bridgehead atoms. The molecule has 1 N–H and O–H groups in total. The van der Waals surface area contributed by atoms with Crippen LogP contribution in [0.3, 0.4) is 0 Å². The fourth-order valence-electron chi connectivity index (χ4n) is 3.57. The highest BCUT2D eigenvalue weighted by molar-refractivity contribution is 4.84. The summed E-state index contributed by atoms with van der Waals surface area (Å²) in [5, 5.41) is 3.50. The van der Waals surface area contributed by atoms with Crippen LogP contribution in [0.25, 0.3) is 0 Å². The Kier molecular flexibility index (Phi) is 4.66. The van der Waals surface area contributed by atoms with Crippen LogP contribution in [0.4, 0.5) is 0 Å². The maximum Gasteiger partial charge on any atom is 0.0121 e. The Balaban J connectivity index is 1.88. The predicted molar refractivity (Wildman–Crippen MR) is 69.6 cm³/mol. The zero-order valence-corrected chi connectivity index (χ0v) is 11.0. The average Bonchev–Trinajstić information content (AvgIpc) is 2.19. The summed E-state index contributed by atoms with van der Waals surface area (Å²) in [6.07, 6.45) is 7.00. The molecule has 0 aromatic carbocycles. The van der Waals surface area contributed by atoms with E-state index in [4.69, 9.17) is 0 Å². The molecule has 1 heterocycles. The third kappa shape index (κ3) is 3.21. The highest BCUT2D eigenvalue weighted by Gasteiger charge is 2.29. The lowest BCUT2D eigenvalue weighted by Gasteiger charge is -2.41. The molecule has 1 aliphatic heterocycles. The summed E-state index contributed by atoms with van der Waals surface area (Å²) in [7, 11) is 0. The van der Waals surface area contributed by atoms with Crippen LogP contribution >= 0.6 is 0 Å². The standard InChI is InChI=1S/C14H28N2/c1-12-5-6-14(13(2)11-12)16-9-3-7-15-8-4-10-16/h12-15H,3-11H2,1-2H3. The highest BCUT2D eigenvalue weighted by atomic mass is 15.2. The van der Waals surface area contributed by atoms with E-state index >= 15 is 0 Å². The van der Waals surface area contributed by atoms with E-state index in [-0.39, 0.29) is 0 Å². The van der Waals surface area contributed by atoms with Gasteiger partial charge in [0.15, 0.2) is 0 Å². The lowest BCUT2D eigenvalue weighted by molar-refractivity contribution is 0.0874. The first-order chi connectivity index (χ1) is 7.77. The SMILES string of the molecule is CC1CCC(N2CCCNCCC2)C(C)C1. The lowest BCUT2D eigenvalue weighted by atomic mass is 9.79. The Morgan fingerprint density at radius 1 is 1.00 bits per heavy atom. The molecule has 0 amide bonds. The maximum absolute atomic E-state index is 3.50. The molecule has 2 nitrogen and oxygen atoms in total. The van der Waals surface area contributed by atoms with E-state index in [1.54, 1.807) is 0 Å². The summed E-state index contributed by atoms with van der Waals surface area (Å²) in [6, 6.07) is 0.884. The Morgan fingerprint density at radius 2 is 1.69 bits per heavy atom. The normalized spacial score (nSPS) is 39.0. The molecule has 3 unspecified atom stereocenters. The summed E-state index contributed by atoms with van der Waals surface area (Å²) in [4.78, 5) is 2.79. The van der Waals surface area contributed by atoms with Crippen LogP contribution in [-0.4, -0.2) is 37.1 Å². The van der Waals surface area contributed by atoms with Gasteiger partial charge in [0.2, 0.25) is 0 Å². The molecule has 94 valence electrons. The van der Waals surface area contributed by atoms with Gasteiger partial charge in [-0.2, -0.15) is 0 Å². The van der Waals surface area contributed by atoms with Gasteiger partial charge in [0.05, 0.1) is 0 Å². The van der Waals surface area contributed by atoms with Crippen LogP contribution < -0.4 is 5.32 Å². The zero-order chi connectivity index (χ0) is 11.4. The largest absolute Gasteiger partial charge is 0.317 e. The second kappa shape index (κ2) is 6.02. The van der Waals surface area contributed by atoms with Crippen molar-refractivity contribution >= 4 is 0 Å². The summed E-state index contributed by atoms with van der Waals surface area (Å²) in [5.41, 5.74) is 0. The van der Waals surface area contributed by atoms with Crippen LogP contribution in [0.2, 0.25) is 0 Å². The number of hydrogen-bond acceptors (Lipinski definition) is 2. The van der Waals surface area contributed by atoms with E-state index in [2.05, 4.69) is 24.1 Å². The molecule has 1 aliphatic carbocycles. The van der Waals surface area contributed by atoms with Gasteiger partial charge in [0, 0.05) is 6.04 Å². The minimum atomic E-state index is 0.884. The van der Waals surface area contributed by atoms with E-state index in [0.29, 0.717) is 0 Å². The van der Waals surface area contributed by atoms with E-state index in [9.17, 15) is 0 Å². The Labute approximate surface area is 101 Å². The van der Waals surface area contributed by atoms with Crippen LogP contribution in [0.1, 0.15) is 46.0 Å². The highest BCUT2D eigenvalue weighted by Crippen LogP contribution is 2.32. The van der Waals surface area contributed by atoms with Crippen LogP contribution in [-0.2, 0) is 0 Å². The van der Waals surface area contributed by atoms with Crippen molar-refractivity contribution in [3.63, 3.8) is 0 Å². The van der Waals surface area contributed by atoms with Gasteiger partial charge in [-0.1, -0.05) is 13.8 Å². The van der Waals surface area contributed by atoms with Gasteiger partial charge < -0.3 is 10.2 Å². The van der Waals surface area contributed by atoms with Gasteiger partial charge in [-0.25, -0.2) is 0 Å². The van der Waals surface area contributed by atoms with Crippen molar-refractivity contribution in [2.45, 2.75) is 52.0 Å². The van der Waals surface area contributed by atoms with Gasteiger partial charge >= 0.3 is 0 Å². The molecule has 2 aliphatic rings. The molecule has 2 rings (SSSR count). The van der Waals surface area contributed by atoms with E-state index in [1.807, 2.05) is 0 Å². The van der Waals surface area contributed by atoms with Crippen molar-refractivity contribution in [2.24, 2.45) is 11.8 Å². The quantitative estimate of drug-likeness (QED) is 0.736. The topological polar surface area (TPSA) is 15.3 Å². The molecule has 16 heavy (non-hydrogen) atoms. The molecular formula is C14H28N2. The molecule has 1 saturated heterocycles. The molecule has 2 heteroatoms. The van der Waals surface area contributed by atoms with E-state index in [1.165, 1.54) is 58.3 Å². The first-order valence-electron chi connectivity index (χ1n) is 7.22. The lowest BCUT2D eigenvalue weighted by Crippen LogP contribution is -2.46. The monoisotopic (exact) mass is 224 g/mol. The van der Waals surface area contributed by atoms with Gasteiger partial charge in [-0.15, -0.1) is 0 Å². The minimum absolute atomic E-state index is 0.884. The summed E-state index contributed by atoms with van der Waals surface area (Å²) >= 11 is 0. The van der Waals surface area contributed by atoms with Crippen molar-refractivity contribution in [3.05, 3.63) is 0 Å². The van der Waals surface area contributed by atoms with E-state index in [0.717, 1.165) is 17.9 Å². The van der Waals surface area contributed by atoms with Crippen molar-refractivity contribution in [2.75, 3.05) is 26.2 Å². The summed E-state index contributed by atoms with van der Waals surface area (Å²) in [5.74, 6) is 1.87. The minimum Gasteiger partial charge on any atom is -0.317 e. The van der Waals surface area contributed by atoms with Crippen molar-refractivity contribution in [1.29, 1.82) is 0 Å². The second-order valence-electron chi connectivity index (χ2n) is 5.96. The Bertz CT molecular complexity index is 197. The number of nitrogens with zero attached hydrogens (tertiary/aromatic N) is 1. The molecule has 3 atom stereocenters. The molecule has 0 spiro atoms. The van der Waals surface area contributed by atoms with Crippen molar-refractivity contribution < 1.29 is 0 Å². The van der Waals surface area contributed by atoms with Crippen molar-refractivity contribution in [3.8, 4) is 0 Å². The van der Waals surface area contributed by atoms with E-state index < -0.39 is 0 Å². The van der Waals surface area contributed by atoms with Crippen LogP contribution in [0, 0.1) is 11.8 Å². The first kappa shape index (κ1) is 12.4. The average molecular weight is 224 g/mol. The molecule has 2 fully saturated rings. The molecule has 0 aromatic heterocycles. The summed E-state index contributed by atoms with van der Waals surface area (Å²) < 4.78 is 0. The third-order valence-corrected chi connectivity index (χ3v) is 4.45. The number of rotatable bonds is 1. The Hall–Kier alpha value is -0.0800. The third-order valence-electron chi connectivity index (χ3n) is 4.45. The fraction of sp³-hybridized carbons (Fsp3) is 1.00. The fourth-order valence-corrected chi connectivity index (χ4v) is 3.57. The molecule has 0 radical (unpaired) electrons. The van der Waals surface area contributed by atoms with Crippen molar-refractivity contribution in [1.82, 2.24) is 10.2 Å². The number of hydrogen-bond donors (Lipinski definition) is 1. The maximum atomic E-state index is 3.50. The number of nitrogens with one attached hydrogen (secondary N) is 1. The Morgan fingerprint density at radius 3 is 2.31 bits per heavy atom.